The summed E-state index contributed by atoms with van der Waals surface area (Å²) in [5.41, 5.74) is 0.517. The predicted octanol–water partition coefficient (Wildman–Crippen LogP) is 3.50. The largest absolute Gasteiger partial charge is 0.341 e. The van der Waals surface area contributed by atoms with Gasteiger partial charge in [-0.05, 0) is 43.0 Å². The smallest absolute Gasteiger partial charge is 0.251 e. The molecule has 5 heteroatoms. The molecule has 1 atom stereocenters. The monoisotopic (exact) mass is 336 g/mol. The minimum atomic E-state index is -0.490. The zero-order chi connectivity index (χ0) is 16.8. The van der Waals surface area contributed by atoms with E-state index in [4.69, 9.17) is 11.6 Å². The van der Waals surface area contributed by atoms with Gasteiger partial charge < -0.3 is 10.2 Å². The van der Waals surface area contributed by atoms with Crippen LogP contribution in [0.2, 0.25) is 5.02 Å². The number of carbonyl (C=O) groups excluding carboxylic acids is 2. The molecule has 1 aliphatic heterocycles. The highest BCUT2D eigenvalue weighted by atomic mass is 35.5. The normalized spacial score (nSPS) is 16.8. The quantitative estimate of drug-likeness (QED) is 0.914. The molecule has 1 heterocycles. The summed E-state index contributed by atoms with van der Waals surface area (Å²) in [4.78, 5) is 27.1. The summed E-state index contributed by atoms with van der Waals surface area (Å²) >= 11 is 5.85. The van der Waals surface area contributed by atoms with E-state index in [0.29, 0.717) is 10.6 Å². The molecule has 0 bridgehead atoms. The summed E-state index contributed by atoms with van der Waals surface area (Å²) in [5.74, 6) is -0.158. The first kappa shape index (κ1) is 17.8. The van der Waals surface area contributed by atoms with Crippen molar-refractivity contribution in [2.24, 2.45) is 5.92 Å². The van der Waals surface area contributed by atoms with Crippen LogP contribution in [0.5, 0.6) is 0 Å². The summed E-state index contributed by atoms with van der Waals surface area (Å²) in [6.45, 7) is 5.50. The van der Waals surface area contributed by atoms with Crippen molar-refractivity contribution >= 4 is 23.4 Å². The second kappa shape index (κ2) is 8.34. The maximum Gasteiger partial charge on any atom is 0.251 e. The average Bonchev–Trinajstić information content (AvgIpc) is 2.81. The van der Waals surface area contributed by atoms with Crippen molar-refractivity contribution < 1.29 is 9.59 Å². The van der Waals surface area contributed by atoms with E-state index in [0.717, 1.165) is 25.9 Å². The van der Waals surface area contributed by atoms with Crippen LogP contribution in [0.15, 0.2) is 24.3 Å². The van der Waals surface area contributed by atoms with Gasteiger partial charge in [-0.15, -0.1) is 0 Å². The van der Waals surface area contributed by atoms with Gasteiger partial charge in [0.25, 0.3) is 5.91 Å². The number of hydrogen-bond acceptors (Lipinski definition) is 2. The minimum Gasteiger partial charge on any atom is -0.341 e. The van der Waals surface area contributed by atoms with Crippen LogP contribution in [0.25, 0.3) is 0 Å². The van der Waals surface area contributed by atoms with Gasteiger partial charge in [0, 0.05) is 23.7 Å². The SMILES string of the molecule is CC(C)[C@H](NC(=O)c1ccc(Cl)cc1)C(=O)N1CCCCCC1. The van der Waals surface area contributed by atoms with E-state index in [-0.39, 0.29) is 17.7 Å². The molecule has 0 aromatic heterocycles. The highest BCUT2D eigenvalue weighted by Crippen LogP contribution is 2.15. The number of halogens is 1. The van der Waals surface area contributed by atoms with Crippen LogP contribution < -0.4 is 5.32 Å². The average molecular weight is 337 g/mol. The van der Waals surface area contributed by atoms with Gasteiger partial charge in [0.1, 0.15) is 6.04 Å². The second-order valence-electron chi connectivity index (χ2n) is 6.44. The van der Waals surface area contributed by atoms with Crippen LogP contribution in [0.3, 0.4) is 0 Å². The number of nitrogens with zero attached hydrogens (tertiary/aromatic N) is 1. The van der Waals surface area contributed by atoms with E-state index in [2.05, 4.69) is 5.32 Å². The number of rotatable bonds is 4. The fourth-order valence-corrected chi connectivity index (χ4v) is 2.95. The third kappa shape index (κ3) is 4.96. The maximum absolute atomic E-state index is 12.8. The van der Waals surface area contributed by atoms with E-state index in [9.17, 15) is 9.59 Å². The third-order valence-corrected chi connectivity index (χ3v) is 4.50. The molecule has 0 spiro atoms. The molecule has 1 saturated heterocycles. The third-order valence-electron chi connectivity index (χ3n) is 4.24. The van der Waals surface area contributed by atoms with Crippen molar-refractivity contribution in [1.29, 1.82) is 0 Å². The minimum absolute atomic E-state index is 0.0317. The Hall–Kier alpha value is -1.55. The zero-order valence-electron chi connectivity index (χ0n) is 13.8. The van der Waals surface area contributed by atoms with Crippen LogP contribution in [-0.2, 0) is 4.79 Å². The number of carbonyl (C=O) groups is 2. The van der Waals surface area contributed by atoms with Crippen LogP contribution in [0.1, 0.15) is 49.9 Å². The topological polar surface area (TPSA) is 49.4 Å². The first-order chi connectivity index (χ1) is 11.0. The van der Waals surface area contributed by atoms with E-state index in [1.807, 2.05) is 18.7 Å². The molecule has 2 rings (SSSR count). The molecule has 1 fully saturated rings. The summed E-state index contributed by atoms with van der Waals surface area (Å²) < 4.78 is 0. The molecule has 0 radical (unpaired) electrons. The molecule has 1 aromatic rings. The van der Waals surface area contributed by atoms with Crippen molar-refractivity contribution in [2.45, 2.75) is 45.6 Å². The molecule has 1 aliphatic rings. The Morgan fingerprint density at radius 2 is 1.61 bits per heavy atom. The Bertz CT molecular complexity index is 534. The molecule has 2 amide bonds. The summed E-state index contributed by atoms with van der Waals surface area (Å²) in [6.07, 6.45) is 4.43. The Labute approximate surface area is 143 Å². The second-order valence-corrected chi connectivity index (χ2v) is 6.88. The van der Waals surface area contributed by atoms with Crippen LogP contribution >= 0.6 is 11.6 Å². The molecule has 4 nitrogen and oxygen atoms in total. The van der Waals surface area contributed by atoms with E-state index in [1.54, 1.807) is 24.3 Å². The maximum atomic E-state index is 12.8. The van der Waals surface area contributed by atoms with E-state index < -0.39 is 6.04 Å². The molecular weight excluding hydrogens is 312 g/mol. The summed E-state index contributed by atoms with van der Waals surface area (Å²) in [7, 11) is 0. The lowest BCUT2D eigenvalue weighted by atomic mass is 10.0. The van der Waals surface area contributed by atoms with Crippen LogP contribution in [-0.4, -0.2) is 35.8 Å². The van der Waals surface area contributed by atoms with Gasteiger partial charge in [-0.1, -0.05) is 38.3 Å². The Kier molecular flexibility index (Phi) is 6.46. The molecule has 0 saturated carbocycles. The lowest BCUT2D eigenvalue weighted by Gasteiger charge is -2.29. The Balaban J connectivity index is 2.06. The first-order valence-electron chi connectivity index (χ1n) is 8.34. The highest BCUT2D eigenvalue weighted by Gasteiger charge is 2.29. The van der Waals surface area contributed by atoms with Crippen molar-refractivity contribution in [1.82, 2.24) is 10.2 Å². The molecular formula is C18H25ClN2O2. The Morgan fingerprint density at radius 1 is 1.04 bits per heavy atom. The number of likely N-dealkylation sites (tertiary alicyclic amines) is 1. The van der Waals surface area contributed by atoms with Gasteiger partial charge in [-0.25, -0.2) is 0 Å². The molecule has 0 aliphatic carbocycles. The standard InChI is InChI=1S/C18H25ClN2O2/c1-13(2)16(18(23)21-11-5-3-4-6-12-21)20-17(22)14-7-9-15(19)10-8-14/h7-10,13,16H,3-6,11-12H2,1-2H3,(H,20,22)/t16-/m0/s1. The fourth-order valence-electron chi connectivity index (χ4n) is 2.83. The molecule has 1 N–H and O–H groups in total. The van der Waals surface area contributed by atoms with Gasteiger partial charge in [0.2, 0.25) is 5.91 Å². The van der Waals surface area contributed by atoms with Crippen LogP contribution in [0.4, 0.5) is 0 Å². The lowest BCUT2D eigenvalue weighted by Crippen LogP contribution is -2.51. The van der Waals surface area contributed by atoms with Gasteiger partial charge in [0.05, 0.1) is 0 Å². The van der Waals surface area contributed by atoms with Gasteiger partial charge in [-0.2, -0.15) is 0 Å². The van der Waals surface area contributed by atoms with Crippen molar-refractivity contribution in [3.63, 3.8) is 0 Å². The van der Waals surface area contributed by atoms with Gasteiger partial charge >= 0.3 is 0 Å². The molecule has 1 aromatic carbocycles. The Morgan fingerprint density at radius 3 is 2.13 bits per heavy atom. The van der Waals surface area contributed by atoms with E-state index in [1.165, 1.54) is 12.8 Å². The summed E-state index contributed by atoms with van der Waals surface area (Å²) in [6, 6.07) is 6.21. The summed E-state index contributed by atoms with van der Waals surface area (Å²) in [5, 5.41) is 3.48. The van der Waals surface area contributed by atoms with Crippen molar-refractivity contribution in [3.8, 4) is 0 Å². The zero-order valence-corrected chi connectivity index (χ0v) is 14.6. The number of nitrogens with one attached hydrogen (secondary N) is 1. The first-order valence-corrected chi connectivity index (χ1v) is 8.72. The van der Waals surface area contributed by atoms with E-state index >= 15 is 0 Å². The number of hydrogen-bond donors (Lipinski definition) is 1. The lowest BCUT2D eigenvalue weighted by molar-refractivity contribution is -0.134. The van der Waals surface area contributed by atoms with Gasteiger partial charge in [0.15, 0.2) is 0 Å². The molecule has 0 unspecified atom stereocenters. The highest BCUT2D eigenvalue weighted by molar-refractivity contribution is 6.30. The van der Waals surface area contributed by atoms with Crippen molar-refractivity contribution in [3.05, 3.63) is 34.9 Å². The fraction of sp³-hybridized carbons (Fsp3) is 0.556. The number of amides is 2. The molecule has 126 valence electrons. The van der Waals surface area contributed by atoms with Crippen molar-refractivity contribution in [2.75, 3.05) is 13.1 Å². The predicted molar refractivity (Wildman–Crippen MR) is 92.6 cm³/mol. The molecule has 23 heavy (non-hydrogen) atoms. The van der Waals surface area contributed by atoms with Gasteiger partial charge in [-0.3, -0.25) is 9.59 Å². The number of benzene rings is 1. The van der Waals surface area contributed by atoms with Crippen LogP contribution in [0, 0.1) is 5.92 Å².